The molecule has 0 aromatic heterocycles. The zero-order chi connectivity index (χ0) is 8.85. The highest BCUT2D eigenvalue weighted by Gasteiger charge is 2.05. The van der Waals surface area contributed by atoms with Gasteiger partial charge in [-0.1, -0.05) is 23.2 Å². The fraction of sp³-hybridized carbons (Fsp3) is 0.200. The number of carbonyl (C=O) groups excluding carboxylic acids is 1. The van der Waals surface area contributed by atoms with Crippen LogP contribution in [0, 0.1) is 11.3 Å². The van der Waals surface area contributed by atoms with Crippen LogP contribution in [-0.2, 0) is 4.79 Å². The molecule has 0 aromatic rings. The lowest BCUT2D eigenvalue weighted by atomic mass is 10.5. The lowest BCUT2D eigenvalue weighted by molar-refractivity contribution is -0.121. The molecule has 0 aromatic carbocycles. The van der Waals surface area contributed by atoms with Crippen LogP contribution in [0.25, 0.3) is 0 Å². The number of nitriles is 1. The summed E-state index contributed by atoms with van der Waals surface area (Å²) in [5.74, 6) is -0.958. The van der Waals surface area contributed by atoms with Gasteiger partial charge in [0.15, 0.2) is 12.4 Å². The first kappa shape index (κ1) is 10.2. The molecule has 0 saturated heterocycles. The van der Waals surface area contributed by atoms with E-state index in [2.05, 4.69) is 0 Å². The summed E-state index contributed by atoms with van der Waals surface area (Å²) in [6, 6.07) is 1.48. The molecule has 1 N–H and O–H groups in total. The summed E-state index contributed by atoms with van der Waals surface area (Å²) in [5, 5.41) is 10.1. The molecule has 0 fully saturated rings. The molecule has 3 nitrogen and oxygen atoms in total. The number of hydrogen-bond donors (Lipinski definition) is 1. The van der Waals surface area contributed by atoms with E-state index in [9.17, 15) is 9.18 Å². The van der Waals surface area contributed by atoms with E-state index in [0.717, 1.165) is 0 Å². The molecule has 11 heavy (non-hydrogen) atoms. The number of rotatable bonds is 2. The largest absolute Gasteiger partial charge is 0.313 e. The van der Waals surface area contributed by atoms with Gasteiger partial charge in [-0.2, -0.15) is 5.26 Å². The zero-order valence-corrected chi connectivity index (χ0v) is 6.71. The Morgan fingerprint density at radius 3 is 2.45 bits per heavy atom. The summed E-state index contributed by atoms with van der Waals surface area (Å²) in [5.41, 5.74) is -0.351. The van der Waals surface area contributed by atoms with Gasteiger partial charge in [-0.15, -0.1) is 0 Å². The Balaban J connectivity index is 4.26. The van der Waals surface area contributed by atoms with E-state index in [1.54, 1.807) is 0 Å². The van der Waals surface area contributed by atoms with Crippen molar-refractivity contribution in [1.29, 1.82) is 5.26 Å². The van der Waals surface area contributed by atoms with Crippen LogP contribution in [0.15, 0.2) is 10.2 Å². The fourth-order valence-corrected chi connectivity index (χ4v) is 0.469. The molecule has 0 saturated carbocycles. The van der Waals surface area contributed by atoms with Gasteiger partial charge in [-0.3, -0.25) is 4.79 Å². The Kier molecular flexibility index (Phi) is 4.59. The van der Waals surface area contributed by atoms with Crippen molar-refractivity contribution in [2.45, 2.75) is 0 Å². The molecular weight excluding hydrogens is 194 g/mol. The molecule has 0 rings (SSSR count). The lowest BCUT2D eigenvalue weighted by Gasteiger charge is -1.97. The average molecular weight is 197 g/mol. The topological polar surface area (TPSA) is 52.9 Å². The van der Waals surface area contributed by atoms with Crippen molar-refractivity contribution in [2.24, 2.45) is 0 Å². The highest BCUT2D eigenvalue weighted by atomic mass is 35.5. The smallest absolute Gasteiger partial charge is 0.256 e. The maximum Gasteiger partial charge on any atom is 0.256 e. The molecular formula is C5H3Cl2FN2O. The van der Waals surface area contributed by atoms with Crippen molar-refractivity contribution in [3.05, 3.63) is 10.2 Å². The van der Waals surface area contributed by atoms with Gasteiger partial charge in [0.2, 0.25) is 0 Å². The first-order valence-electron chi connectivity index (χ1n) is 2.43. The fourth-order valence-electron chi connectivity index (χ4n) is 0.290. The van der Waals surface area contributed by atoms with E-state index < -0.39 is 17.1 Å². The molecule has 0 unspecified atom stereocenters. The molecule has 0 aliphatic carbocycles. The van der Waals surface area contributed by atoms with E-state index in [0.29, 0.717) is 0 Å². The Morgan fingerprint density at radius 1 is 1.64 bits per heavy atom. The van der Waals surface area contributed by atoms with Crippen LogP contribution < -0.4 is 5.32 Å². The second-order valence-electron chi connectivity index (χ2n) is 1.43. The predicted molar refractivity (Wildman–Crippen MR) is 38.5 cm³/mol. The van der Waals surface area contributed by atoms with Crippen LogP contribution in [0.2, 0.25) is 0 Å². The van der Waals surface area contributed by atoms with Crippen molar-refractivity contribution < 1.29 is 9.18 Å². The highest BCUT2D eigenvalue weighted by molar-refractivity contribution is 6.56. The minimum atomic E-state index is -1.22. The molecule has 0 bridgehead atoms. The van der Waals surface area contributed by atoms with Crippen molar-refractivity contribution in [2.75, 3.05) is 6.67 Å². The maximum absolute atomic E-state index is 11.5. The number of halogens is 3. The lowest BCUT2D eigenvalue weighted by Crippen LogP contribution is -2.23. The first-order valence-corrected chi connectivity index (χ1v) is 3.18. The summed E-state index contributed by atoms with van der Waals surface area (Å²) in [4.78, 5) is 10.3. The Bertz CT molecular complexity index is 229. The molecule has 0 atom stereocenters. The van der Waals surface area contributed by atoms with E-state index in [-0.39, 0.29) is 5.70 Å². The van der Waals surface area contributed by atoms with Gasteiger partial charge in [0.25, 0.3) is 5.91 Å². The maximum atomic E-state index is 11.5. The number of nitrogens with zero attached hydrogens (tertiary/aromatic N) is 1. The minimum absolute atomic E-state index is 0.351. The van der Waals surface area contributed by atoms with Crippen molar-refractivity contribution in [3.8, 4) is 6.07 Å². The molecule has 0 aliphatic heterocycles. The van der Waals surface area contributed by atoms with E-state index in [1.165, 1.54) is 6.07 Å². The third kappa shape index (κ3) is 3.81. The number of amides is 1. The summed E-state index contributed by atoms with van der Waals surface area (Å²) < 4.78 is 11.1. The summed E-state index contributed by atoms with van der Waals surface area (Å²) in [6.45, 7) is -1.22. The van der Waals surface area contributed by atoms with Crippen LogP contribution in [0.3, 0.4) is 0 Å². The van der Waals surface area contributed by atoms with Crippen molar-refractivity contribution in [3.63, 3.8) is 0 Å². The third-order valence-corrected chi connectivity index (χ3v) is 1.06. The SMILES string of the molecule is N#CC(NC(=O)CF)=C(Cl)Cl. The van der Waals surface area contributed by atoms with Gasteiger partial charge in [0.1, 0.15) is 10.6 Å². The standard InChI is InChI=1S/C5H3Cl2FN2O/c6-5(7)3(2-9)10-4(11)1-8/h1H2,(H,10,11). The van der Waals surface area contributed by atoms with Gasteiger partial charge >= 0.3 is 0 Å². The third-order valence-electron chi connectivity index (χ3n) is 0.687. The van der Waals surface area contributed by atoms with Crippen LogP contribution in [-0.4, -0.2) is 12.6 Å². The summed E-state index contributed by atoms with van der Waals surface area (Å²) >= 11 is 10.3. The number of carbonyl (C=O) groups is 1. The predicted octanol–water partition coefficient (Wildman–Crippen LogP) is 1.24. The average Bonchev–Trinajstić information content (AvgIpc) is 1.99. The number of allylic oxidation sites excluding steroid dienone is 1. The Morgan fingerprint density at radius 2 is 2.18 bits per heavy atom. The van der Waals surface area contributed by atoms with Crippen LogP contribution in [0.5, 0.6) is 0 Å². The first-order chi connectivity index (χ1) is 5.11. The van der Waals surface area contributed by atoms with E-state index in [4.69, 9.17) is 28.5 Å². The van der Waals surface area contributed by atoms with E-state index in [1.807, 2.05) is 5.32 Å². The number of nitrogens with one attached hydrogen (secondary N) is 1. The summed E-state index contributed by atoms with van der Waals surface area (Å²) in [6.07, 6.45) is 0. The molecule has 60 valence electrons. The number of hydrogen-bond acceptors (Lipinski definition) is 2. The quantitative estimate of drug-likeness (QED) is 0.677. The second-order valence-corrected chi connectivity index (χ2v) is 2.38. The number of alkyl halides is 1. The molecule has 0 heterocycles. The monoisotopic (exact) mass is 196 g/mol. The van der Waals surface area contributed by atoms with Crippen LogP contribution in [0.1, 0.15) is 0 Å². The van der Waals surface area contributed by atoms with Crippen LogP contribution >= 0.6 is 23.2 Å². The van der Waals surface area contributed by atoms with Gasteiger partial charge < -0.3 is 5.32 Å². The van der Waals surface area contributed by atoms with Crippen LogP contribution in [0.4, 0.5) is 4.39 Å². The molecule has 0 radical (unpaired) electrons. The van der Waals surface area contributed by atoms with Gasteiger partial charge in [-0.05, 0) is 0 Å². The van der Waals surface area contributed by atoms with Crippen molar-refractivity contribution in [1.82, 2.24) is 5.32 Å². The highest BCUT2D eigenvalue weighted by Crippen LogP contribution is 2.10. The Labute approximate surface area is 72.4 Å². The van der Waals surface area contributed by atoms with Gasteiger partial charge in [0, 0.05) is 0 Å². The Hall–Kier alpha value is -0.790. The minimum Gasteiger partial charge on any atom is -0.313 e. The summed E-state index contributed by atoms with van der Waals surface area (Å²) in [7, 11) is 0. The molecule has 0 aliphatic rings. The van der Waals surface area contributed by atoms with Gasteiger partial charge in [0.05, 0.1) is 0 Å². The molecule has 6 heteroatoms. The molecule has 0 spiro atoms. The normalized spacial score (nSPS) is 8.18. The zero-order valence-electron chi connectivity index (χ0n) is 5.20. The van der Waals surface area contributed by atoms with Crippen molar-refractivity contribution >= 4 is 29.1 Å². The van der Waals surface area contributed by atoms with Gasteiger partial charge in [-0.25, -0.2) is 4.39 Å². The second kappa shape index (κ2) is 4.94. The molecule has 1 amide bonds. The van der Waals surface area contributed by atoms with E-state index >= 15 is 0 Å².